The number of carbonyl (C=O) groups is 1. The molecule has 0 fully saturated rings. The van der Waals surface area contributed by atoms with Gasteiger partial charge in [-0.1, -0.05) is 23.7 Å². The number of hydrogen-bond donors (Lipinski definition) is 2. The number of hydrazine groups is 1. The average Bonchev–Trinajstić information content (AvgIpc) is 3.29. The number of benzene rings is 2. The van der Waals surface area contributed by atoms with Gasteiger partial charge in [-0.15, -0.1) is 23.1 Å². The van der Waals surface area contributed by atoms with Crippen molar-refractivity contribution in [3.63, 3.8) is 0 Å². The Morgan fingerprint density at radius 3 is 2.72 bits per heavy atom. The molecular weight excluding hydrogens is 520 g/mol. The van der Waals surface area contributed by atoms with Gasteiger partial charge in [0.2, 0.25) is 0 Å². The third-order valence-corrected chi connectivity index (χ3v) is 8.56. The summed E-state index contributed by atoms with van der Waals surface area (Å²) in [6.45, 7) is 0. The van der Waals surface area contributed by atoms with Gasteiger partial charge in [0.25, 0.3) is 0 Å². The van der Waals surface area contributed by atoms with Crippen LogP contribution >= 0.6 is 34.7 Å². The Labute approximate surface area is 223 Å². The SMILES string of the molecule is COC(=O)CCc1cnc(C[C@@H]2S[C@@H](c3cccc(OC)c3OC)c3cc(Cl)ccc3N=C2NN)s1. The molecule has 3 N–H and O–H groups in total. The summed E-state index contributed by atoms with van der Waals surface area (Å²) in [6.07, 6.45) is 3.32. The number of thioether (sulfide) groups is 1. The van der Waals surface area contributed by atoms with E-state index < -0.39 is 0 Å². The van der Waals surface area contributed by atoms with Crippen LogP contribution in [0.5, 0.6) is 11.5 Å². The van der Waals surface area contributed by atoms with E-state index in [0.29, 0.717) is 41.6 Å². The number of para-hydroxylation sites is 1. The lowest BCUT2D eigenvalue weighted by atomic mass is 10.0. The largest absolute Gasteiger partial charge is 0.493 e. The maximum Gasteiger partial charge on any atom is 0.305 e. The van der Waals surface area contributed by atoms with Crippen molar-refractivity contribution < 1.29 is 19.0 Å². The number of halogens is 1. The summed E-state index contributed by atoms with van der Waals surface area (Å²) in [5, 5.41) is 1.24. The summed E-state index contributed by atoms with van der Waals surface area (Å²) in [5.74, 6) is 7.66. The van der Waals surface area contributed by atoms with Gasteiger partial charge in [0, 0.05) is 28.1 Å². The van der Waals surface area contributed by atoms with Crippen LogP contribution in [0.4, 0.5) is 5.69 Å². The van der Waals surface area contributed by atoms with Crippen LogP contribution in [0.1, 0.15) is 32.7 Å². The highest BCUT2D eigenvalue weighted by Crippen LogP contribution is 2.50. The predicted molar refractivity (Wildman–Crippen MR) is 145 cm³/mol. The summed E-state index contributed by atoms with van der Waals surface area (Å²) in [4.78, 5) is 22.0. The number of nitrogens with one attached hydrogen (secondary N) is 1. The summed E-state index contributed by atoms with van der Waals surface area (Å²) in [7, 11) is 4.65. The van der Waals surface area contributed by atoms with E-state index in [1.807, 2.05) is 42.6 Å². The quantitative estimate of drug-likeness (QED) is 0.234. The van der Waals surface area contributed by atoms with Gasteiger partial charge in [0.1, 0.15) is 5.84 Å². The van der Waals surface area contributed by atoms with Crippen LogP contribution in [0.25, 0.3) is 0 Å². The lowest BCUT2D eigenvalue weighted by molar-refractivity contribution is -0.140. The molecule has 36 heavy (non-hydrogen) atoms. The van der Waals surface area contributed by atoms with Crippen LogP contribution in [0, 0.1) is 0 Å². The molecule has 0 bridgehead atoms. The first-order valence-corrected chi connectivity index (χ1v) is 13.3. The monoisotopic (exact) mass is 546 g/mol. The summed E-state index contributed by atoms with van der Waals surface area (Å²) >= 11 is 9.68. The Balaban J connectivity index is 1.71. The second kappa shape index (κ2) is 12.0. The fraction of sp³-hybridized carbons (Fsp3) is 0.320. The zero-order chi connectivity index (χ0) is 25.7. The number of amidine groups is 1. The van der Waals surface area contributed by atoms with Crippen LogP contribution < -0.4 is 20.7 Å². The highest BCUT2D eigenvalue weighted by atomic mass is 35.5. The number of aromatic nitrogens is 1. The molecule has 4 rings (SSSR count). The first-order chi connectivity index (χ1) is 17.5. The first-order valence-electron chi connectivity index (χ1n) is 11.2. The van der Waals surface area contributed by atoms with Crippen LogP contribution in [0.3, 0.4) is 0 Å². The fourth-order valence-electron chi connectivity index (χ4n) is 4.01. The van der Waals surface area contributed by atoms with Gasteiger partial charge in [-0.05, 0) is 36.2 Å². The molecular formula is C25H27ClN4O4S2. The second-order valence-electron chi connectivity index (χ2n) is 7.93. The maximum atomic E-state index is 11.5. The van der Waals surface area contributed by atoms with Crippen molar-refractivity contribution in [3.8, 4) is 11.5 Å². The van der Waals surface area contributed by atoms with Gasteiger partial charge < -0.3 is 19.6 Å². The topological polar surface area (TPSA) is 108 Å². The standard InChI is InChI=1S/C25H27ClN4O4S2/c1-32-19-6-4-5-16(23(19)34-3)24-17-11-14(26)7-9-18(17)29-25(30-27)20(36-24)12-21-28-13-15(35-21)8-10-22(31)33-2/h4-7,9,11,13,20,24H,8,10,12,27H2,1-3H3,(H,29,30)/t20-,24-/m0/s1. The third kappa shape index (κ3) is 5.78. The number of thiazole rings is 1. The van der Waals surface area contributed by atoms with Crippen molar-refractivity contribution in [2.24, 2.45) is 10.8 Å². The molecule has 2 heterocycles. The summed E-state index contributed by atoms with van der Waals surface area (Å²) in [6, 6.07) is 11.5. The number of carbonyl (C=O) groups excluding carboxylic acids is 1. The van der Waals surface area contributed by atoms with Crippen LogP contribution in [0.15, 0.2) is 47.6 Å². The number of ether oxygens (including phenoxy) is 3. The predicted octanol–water partition coefficient (Wildman–Crippen LogP) is 4.86. The second-order valence-corrected chi connectivity index (χ2v) is 10.9. The van der Waals surface area contributed by atoms with Gasteiger partial charge in [-0.2, -0.15) is 0 Å². The van der Waals surface area contributed by atoms with Crippen molar-refractivity contribution in [3.05, 3.63) is 68.6 Å². The van der Waals surface area contributed by atoms with Crippen molar-refractivity contribution >= 4 is 52.2 Å². The Morgan fingerprint density at radius 1 is 1.17 bits per heavy atom. The van der Waals surface area contributed by atoms with E-state index in [4.69, 9.17) is 36.6 Å². The minimum atomic E-state index is -0.238. The smallest absolute Gasteiger partial charge is 0.305 e. The van der Waals surface area contributed by atoms with Gasteiger partial charge in [0.15, 0.2) is 11.5 Å². The summed E-state index contributed by atoms with van der Waals surface area (Å²) < 4.78 is 16.1. The Hall–Kier alpha value is -2.79. The molecule has 0 aliphatic carbocycles. The van der Waals surface area contributed by atoms with Gasteiger partial charge in [0.05, 0.1) is 48.9 Å². The van der Waals surface area contributed by atoms with E-state index in [1.165, 1.54) is 7.11 Å². The maximum absolute atomic E-state index is 11.5. The fourth-order valence-corrected chi connectivity index (χ4v) is 6.77. The van der Waals surface area contributed by atoms with Gasteiger partial charge in [-0.25, -0.2) is 15.8 Å². The molecule has 0 unspecified atom stereocenters. The number of nitrogens with zero attached hydrogens (tertiary/aromatic N) is 2. The van der Waals surface area contributed by atoms with Crippen molar-refractivity contribution in [1.29, 1.82) is 0 Å². The van der Waals surface area contributed by atoms with E-state index in [2.05, 4.69) is 10.4 Å². The number of nitrogens with two attached hydrogens (primary N) is 1. The molecule has 2 atom stereocenters. The molecule has 3 aromatic rings. The molecule has 0 saturated carbocycles. The number of aliphatic imine (C=N–C) groups is 1. The zero-order valence-electron chi connectivity index (χ0n) is 20.1. The molecule has 1 aromatic heterocycles. The molecule has 11 heteroatoms. The molecule has 1 aliphatic rings. The highest BCUT2D eigenvalue weighted by molar-refractivity contribution is 8.01. The number of fused-ring (bicyclic) bond motifs is 1. The van der Waals surface area contributed by atoms with Crippen LogP contribution in [-0.2, 0) is 22.4 Å². The Bertz CT molecular complexity index is 1270. The third-order valence-electron chi connectivity index (χ3n) is 5.75. The normalized spacial score (nSPS) is 17.0. The first kappa shape index (κ1) is 26.3. The number of aryl methyl sites for hydroxylation is 1. The van der Waals surface area contributed by atoms with Crippen molar-refractivity contribution in [2.75, 3.05) is 21.3 Å². The number of rotatable bonds is 8. The molecule has 0 radical (unpaired) electrons. The Morgan fingerprint density at radius 2 is 2.00 bits per heavy atom. The van der Waals surface area contributed by atoms with E-state index >= 15 is 0 Å². The molecule has 0 saturated heterocycles. The molecule has 0 spiro atoms. The van der Waals surface area contributed by atoms with Gasteiger partial charge in [-0.3, -0.25) is 4.79 Å². The molecule has 8 nitrogen and oxygen atoms in total. The van der Waals surface area contributed by atoms with E-state index in [9.17, 15) is 4.79 Å². The van der Waals surface area contributed by atoms with E-state index in [1.54, 1.807) is 37.3 Å². The lowest BCUT2D eigenvalue weighted by Crippen LogP contribution is -2.38. The van der Waals surface area contributed by atoms with Crippen molar-refractivity contribution in [1.82, 2.24) is 10.4 Å². The summed E-state index contributed by atoms with van der Waals surface area (Å²) in [5.41, 5.74) is 5.47. The average molecular weight is 547 g/mol. The molecule has 190 valence electrons. The number of methoxy groups -OCH3 is 3. The zero-order valence-corrected chi connectivity index (χ0v) is 22.5. The molecule has 1 aliphatic heterocycles. The highest BCUT2D eigenvalue weighted by Gasteiger charge is 2.32. The lowest BCUT2D eigenvalue weighted by Gasteiger charge is -2.24. The number of hydrogen-bond acceptors (Lipinski definition) is 10. The van der Waals surface area contributed by atoms with Crippen molar-refractivity contribution in [2.45, 2.75) is 29.8 Å². The number of esters is 1. The van der Waals surface area contributed by atoms with E-state index in [0.717, 1.165) is 26.7 Å². The van der Waals surface area contributed by atoms with Gasteiger partial charge >= 0.3 is 5.97 Å². The minimum absolute atomic E-state index is 0.137. The molecule has 2 aromatic carbocycles. The van der Waals surface area contributed by atoms with Crippen LogP contribution in [0.2, 0.25) is 5.02 Å². The van der Waals surface area contributed by atoms with Crippen LogP contribution in [-0.4, -0.2) is 43.4 Å². The minimum Gasteiger partial charge on any atom is -0.493 e. The van der Waals surface area contributed by atoms with E-state index in [-0.39, 0.29) is 16.5 Å². The molecule has 0 amide bonds. The Kier molecular flexibility index (Phi) is 8.73.